The number of hydrogen-bond donors (Lipinski definition) is 1. The second kappa shape index (κ2) is 6.59. The third-order valence-corrected chi connectivity index (χ3v) is 5.11. The molecule has 112 valence electrons. The van der Waals surface area contributed by atoms with E-state index in [9.17, 15) is 13.2 Å². The number of carbonyl (C=O) groups is 1. The molecular formula is C13H26N2O3S. The summed E-state index contributed by atoms with van der Waals surface area (Å²) in [4.78, 5) is 13.8. The Morgan fingerprint density at radius 1 is 1.37 bits per heavy atom. The summed E-state index contributed by atoms with van der Waals surface area (Å²) in [6.45, 7) is 8.90. The van der Waals surface area contributed by atoms with Crippen LogP contribution in [0.15, 0.2) is 0 Å². The molecule has 0 aromatic rings. The summed E-state index contributed by atoms with van der Waals surface area (Å²) >= 11 is 0. The van der Waals surface area contributed by atoms with Gasteiger partial charge < -0.3 is 10.2 Å². The molecule has 1 rings (SSSR count). The Labute approximate surface area is 116 Å². The molecule has 0 aromatic carbocycles. The first kappa shape index (κ1) is 16.3. The van der Waals surface area contributed by atoms with Gasteiger partial charge in [0.1, 0.15) is 0 Å². The molecule has 6 heteroatoms. The van der Waals surface area contributed by atoms with Crippen LogP contribution in [0.3, 0.4) is 0 Å². The van der Waals surface area contributed by atoms with Crippen LogP contribution in [0, 0.1) is 11.8 Å². The van der Waals surface area contributed by atoms with Gasteiger partial charge in [0.25, 0.3) is 0 Å². The third-order valence-electron chi connectivity index (χ3n) is 3.22. The SMILES string of the molecule is CC(C)C[C@H](C)NC(=O)N1CCS(=O)(=O)C[C@@H](C)C1. The summed E-state index contributed by atoms with van der Waals surface area (Å²) in [5.41, 5.74) is 0. The Hall–Kier alpha value is -0.780. The number of carbonyl (C=O) groups excluding carboxylic acids is 1. The first-order valence-electron chi connectivity index (χ1n) is 6.95. The summed E-state index contributed by atoms with van der Waals surface area (Å²) < 4.78 is 23.3. The maximum atomic E-state index is 12.1. The van der Waals surface area contributed by atoms with Crippen molar-refractivity contribution in [2.24, 2.45) is 11.8 Å². The zero-order valence-corrected chi connectivity index (χ0v) is 13.2. The molecule has 19 heavy (non-hydrogen) atoms. The summed E-state index contributed by atoms with van der Waals surface area (Å²) in [5, 5.41) is 2.95. The van der Waals surface area contributed by atoms with Gasteiger partial charge >= 0.3 is 6.03 Å². The van der Waals surface area contributed by atoms with Crippen LogP contribution in [0.25, 0.3) is 0 Å². The molecule has 5 nitrogen and oxygen atoms in total. The number of sulfone groups is 1. The molecule has 0 bridgehead atoms. The molecule has 0 saturated carbocycles. The lowest BCUT2D eigenvalue weighted by Crippen LogP contribution is -2.46. The molecule has 2 amide bonds. The van der Waals surface area contributed by atoms with Gasteiger partial charge in [-0.05, 0) is 25.2 Å². The van der Waals surface area contributed by atoms with Gasteiger partial charge in [-0.2, -0.15) is 0 Å². The number of rotatable bonds is 3. The highest BCUT2D eigenvalue weighted by molar-refractivity contribution is 7.91. The van der Waals surface area contributed by atoms with Crippen molar-refractivity contribution in [3.05, 3.63) is 0 Å². The minimum absolute atomic E-state index is 0.00125. The highest BCUT2D eigenvalue weighted by atomic mass is 32.2. The van der Waals surface area contributed by atoms with Crippen LogP contribution in [0.5, 0.6) is 0 Å². The second-order valence-electron chi connectivity index (χ2n) is 6.15. The quantitative estimate of drug-likeness (QED) is 0.856. The van der Waals surface area contributed by atoms with Gasteiger partial charge in [0, 0.05) is 19.1 Å². The van der Waals surface area contributed by atoms with Crippen LogP contribution in [-0.2, 0) is 9.84 Å². The highest BCUT2D eigenvalue weighted by Gasteiger charge is 2.27. The van der Waals surface area contributed by atoms with E-state index in [2.05, 4.69) is 19.2 Å². The van der Waals surface area contributed by atoms with Crippen molar-refractivity contribution in [3.8, 4) is 0 Å². The average molecular weight is 290 g/mol. The Morgan fingerprint density at radius 2 is 2.00 bits per heavy atom. The normalized spacial score (nSPS) is 24.9. The number of amides is 2. The van der Waals surface area contributed by atoms with Crippen molar-refractivity contribution < 1.29 is 13.2 Å². The molecule has 1 saturated heterocycles. The lowest BCUT2D eigenvalue weighted by Gasteiger charge is -2.25. The molecule has 1 aliphatic heterocycles. The van der Waals surface area contributed by atoms with Crippen LogP contribution in [-0.4, -0.2) is 50.0 Å². The van der Waals surface area contributed by atoms with Crippen molar-refractivity contribution in [3.63, 3.8) is 0 Å². The molecule has 1 aliphatic rings. The topological polar surface area (TPSA) is 66.5 Å². The van der Waals surface area contributed by atoms with Crippen LogP contribution in [0.4, 0.5) is 4.79 Å². The molecule has 0 unspecified atom stereocenters. The molecule has 0 aliphatic carbocycles. The fraction of sp³-hybridized carbons (Fsp3) is 0.923. The zero-order valence-electron chi connectivity index (χ0n) is 12.3. The van der Waals surface area contributed by atoms with Crippen LogP contribution < -0.4 is 5.32 Å². The molecule has 1 heterocycles. The third kappa shape index (κ3) is 5.80. The fourth-order valence-electron chi connectivity index (χ4n) is 2.54. The molecule has 1 N–H and O–H groups in total. The molecule has 1 fully saturated rings. The van der Waals surface area contributed by atoms with E-state index in [4.69, 9.17) is 0 Å². The largest absolute Gasteiger partial charge is 0.336 e. The molecule has 0 aromatic heterocycles. The predicted molar refractivity (Wildman–Crippen MR) is 76.8 cm³/mol. The maximum Gasteiger partial charge on any atom is 0.317 e. The monoisotopic (exact) mass is 290 g/mol. The van der Waals surface area contributed by atoms with Crippen LogP contribution in [0.1, 0.15) is 34.1 Å². The molecular weight excluding hydrogens is 264 g/mol. The van der Waals surface area contributed by atoms with Crippen molar-refractivity contribution in [1.29, 1.82) is 0 Å². The number of nitrogens with one attached hydrogen (secondary N) is 1. The van der Waals surface area contributed by atoms with Gasteiger partial charge in [0.2, 0.25) is 0 Å². The average Bonchev–Trinajstić information content (AvgIpc) is 2.34. The Bertz CT molecular complexity index is 406. The Balaban J connectivity index is 2.57. The Kier molecular flexibility index (Phi) is 5.64. The van der Waals surface area contributed by atoms with Crippen molar-refractivity contribution >= 4 is 15.9 Å². The van der Waals surface area contributed by atoms with Crippen LogP contribution in [0.2, 0.25) is 0 Å². The van der Waals surface area contributed by atoms with Gasteiger partial charge in [0.15, 0.2) is 9.84 Å². The zero-order chi connectivity index (χ0) is 14.6. The molecule has 0 radical (unpaired) electrons. The second-order valence-corrected chi connectivity index (χ2v) is 8.37. The van der Waals surface area contributed by atoms with E-state index >= 15 is 0 Å². The highest BCUT2D eigenvalue weighted by Crippen LogP contribution is 2.12. The number of urea groups is 1. The summed E-state index contributed by atoms with van der Waals surface area (Å²) in [6, 6.07) is -0.0280. The van der Waals surface area contributed by atoms with E-state index in [1.807, 2.05) is 13.8 Å². The fourth-order valence-corrected chi connectivity index (χ4v) is 4.18. The minimum atomic E-state index is -3.00. The maximum absolute atomic E-state index is 12.1. The van der Waals surface area contributed by atoms with E-state index in [1.165, 1.54) is 0 Å². The predicted octanol–water partition coefficient (Wildman–Crippen LogP) is 1.50. The number of hydrogen-bond acceptors (Lipinski definition) is 3. The van der Waals surface area contributed by atoms with Crippen molar-refractivity contribution in [1.82, 2.24) is 10.2 Å². The lowest BCUT2D eigenvalue weighted by molar-refractivity contribution is 0.191. The van der Waals surface area contributed by atoms with E-state index in [-0.39, 0.29) is 29.5 Å². The lowest BCUT2D eigenvalue weighted by atomic mass is 10.1. The summed E-state index contributed by atoms with van der Waals surface area (Å²) in [6.07, 6.45) is 0.924. The van der Waals surface area contributed by atoms with Gasteiger partial charge in [-0.25, -0.2) is 13.2 Å². The first-order valence-corrected chi connectivity index (χ1v) is 8.77. The van der Waals surface area contributed by atoms with Gasteiger partial charge in [-0.3, -0.25) is 0 Å². The first-order chi connectivity index (χ1) is 8.69. The Morgan fingerprint density at radius 3 is 2.58 bits per heavy atom. The van der Waals surface area contributed by atoms with E-state index < -0.39 is 9.84 Å². The minimum Gasteiger partial charge on any atom is -0.336 e. The standard InChI is InChI=1S/C13H26N2O3S/c1-10(2)7-12(4)14-13(16)15-5-6-19(17,18)9-11(3)8-15/h10-12H,5-9H2,1-4H3,(H,14,16)/t11-,12-/m0/s1. The summed E-state index contributed by atoms with van der Waals surface area (Å²) in [7, 11) is -3.00. The van der Waals surface area contributed by atoms with E-state index in [0.717, 1.165) is 6.42 Å². The van der Waals surface area contributed by atoms with Crippen LogP contribution >= 0.6 is 0 Å². The van der Waals surface area contributed by atoms with Crippen molar-refractivity contribution in [2.45, 2.75) is 40.2 Å². The van der Waals surface area contributed by atoms with Gasteiger partial charge in [0.05, 0.1) is 11.5 Å². The van der Waals surface area contributed by atoms with E-state index in [0.29, 0.717) is 19.0 Å². The van der Waals surface area contributed by atoms with E-state index in [1.54, 1.807) is 4.90 Å². The summed E-state index contributed by atoms with van der Waals surface area (Å²) in [5.74, 6) is 0.777. The van der Waals surface area contributed by atoms with Gasteiger partial charge in [-0.15, -0.1) is 0 Å². The number of nitrogens with zero attached hydrogens (tertiary/aromatic N) is 1. The van der Waals surface area contributed by atoms with Crippen molar-refractivity contribution in [2.75, 3.05) is 24.6 Å². The van der Waals surface area contributed by atoms with Gasteiger partial charge in [-0.1, -0.05) is 20.8 Å². The molecule has 2 atom stereocenters. The molecule has 0 spiro atoms. The smallest absolute Gasteiger partial charge is 0.317 e.